The number of halogens is 2. The number of hydrogen-bond acceptors (Lipinski definition) is 4. The molecule has 0 spiro atoms. The van der Waals surface area contributed by atoms with E-state index in [9.17, 15) is 9.18 Å². The highest BCUT2D eigenvalue weighted by atomic mass is 79.9. The predicted molar refractivity (Wildman–Crippen MR) is 66.8 cm³/mol. The molecule has 0 radical (unpaired) electrons. The van der Waals surface area contributed by atoms with Gasteiger partial charge in [-0.3, -0.25) is 4.79 Å². The van der Waals surface area contributed by atoms with Crippen LogP contribution >= 0.6 is 27.5 Å². The molecule has 0 unspecified atom stereocenters. The van der Waals surface area contributed by atoms with Gasteiger partial charge in [0.15, 0.2) is 5.78 Å². The van der Waals surface area contributed by atoms with E-state index in [1.54, 1.807) is 19.1 Å². The Balaban J connectivity index is 2.25. The van der Waals surface area contributed by atoms with E-state index in [1.165, 1.54) is 6.07 Å². The summed E-state index contributed by atoms with van der Waals surface area (Å²) in [5.74, 6) is -0.460. The number of hydrogen-bond donors (Lipinski definition) is 0. The first-order valence-electron chi connectivity index (χ1n) is 4.84. The lowest BCUT2D eigenvalue weighted by molar-refractivity contribution is 0.0996. The minimum Gasteiger partial charge on any atom is -0.293 e. The van der Waals surface area contributed by atoms with Gasteiger partial charge in [-0.25, -0.2) is 4.39 Å². The fourth-order valence-electron chi connectivity index (χ4n) is 1.42. The van der Waals surface area contributed by atoms with Crippen LogP contribution in [0.2, 0.25) is 0 Å². The Bertz CT molecular complexity index is 570. The SMILES string of the molecule is Cc1nnsc1C(=O)Cc1cccc(F)c1Br. The zero-order valence-electron chi connectivity index (χ0n) is 8.91. The van der Waals surface area contributed by atoms with Crippen LogP contribution in [0.3, 0.4) is 0 Å². The van der Waals surface area contributed by atoms with Crippen LogP contribution in [0.5, 0.6) is 0 Å². The highest BCUT2D eigenvalue weighted by Gasteiger charge is 2.16. The van der Waals surface area contributed by atoms with Crippen LogP contribution < -0.4 is 0 Å². The Morgan fingerprint density at radius 2 is 2.29 bits per heavy atom. The maximum absolute atomic E-state index is 13.3. The summed E-state index contributed by atoms with van der Waals surface area (Å²) in [6, 6.07) is 4.65. The maximum Gasteiger partial charge on any atom is 0.180 e. The number of Topliss-reactive ketones (excluding diaryl/α,β-unsaturated/α-hetero) is 1. The fraction of sp³-hybridized carbons (Fsp3) is 0.182. The third kappa shape index (κ3) is 2.58. The van der Waals surface area contributed by atoms with Gasteiger partial charge < -0.3 is 0 Å². The molecule has 1 heterocycles. The molecule has 2 rings (SSSR count). The number of ketones is 1. The Kier molecular flexibility index (Phi) is 3.63. The highest BCUT2D eigenvalue weighted by molar-refractivity contribution is 9.10. The molecule has 17 heavy (non-hydrogen) atoms. The number of rotatable bonds is 3. The fourth-order valence-corrected chi connectivity index (χ4v) is 2.42. The molecule has 0 saturated carbocycles. The molecule has 0 fully saturated rings. The molecule has 0 aliphatic heterocycles. The first-order chi connectivity index (χ1) is 8.09. The van der Waals surface area contributed by atoms with Gasteiger partial charge in [-0.15, -0.1) is 5.10 Å². The van der Waals surface area contributed by atoms with Gasteiger partial charge in [0.05, 0.1) is 10.2 Å². The van der Waals surface area contributed by atoms with Gasteiger partial charge in [0.1, 0.15) is 10.7 Å². The molecule has 1 aromatic heterocycles. The van der Waals surface area contributed by atoms with Crippen LogP contribution in [0, 0.1) is 12.7 Å². The molecule has 0 amide bonds. The van der Waals surface area contributed by atoms with E-state index in [0.717, 1.165) is 11.5 Å². The number of aromatic nitrogens is 2. The summed E-state index contributed by atoms with van der Waals surface area (Å²) in [7, 11) is 0. The average Bonchev–Trinajstić information content (AvgIpc) is 2.71. The second kappa shape index (κ2) is 5.01. The highest BCUT2D eigenvalue weighted by Crippen LogP contribution is 2.22. The molecule has 0 N–H and O–H groups in total. The van der Waals surface area contributed by atoms with Gasteiger partial charge >= 0.3 is 0 Å². The predicted octanol–water partition coefficient (Wildman–Crippen LogP) is 3.17. The number of nitrogens with zero attached hydrogens (tertiary/aromatic N) is 2. The summed E-state index contributed by atoms with van der Waals surface area (Å²) in [5.41, 5.74) is 1.25. The first kappa shape index (κ1) is 12.3. The van der Waals surface area contributed by atoms with Crippen molar-refractivity contribution in [3.8, 4) is 0 Å². The van der Waals surface area contributed by atoms with E-state index in [-0.39, 0.29) is 18.0 Å². The lowest BCUT2D eigenvalue weighted by atomic mass is 10.1. The van der Waals surface area contributed by atoms with Crippen LogP contribution in [0.4, 0.5) is 4.39 Å². The van der Waals surface area contributed by atoms with E-state index < -0.39 is 0 Å². The molecule has 2 aromatic rings. The van der Waals surface area contributed by atoms with E-state index in [4.69, 9.17) is 0 Å². The quantitative estimate of drug-likeness (QED) is 0.817. The zero-order valence-corrected chi connectivity index (χ0v) is 11.3. The topological polar surface area (TPSA) is 42.9 Å². The summed E-state index contributed by atoms with van der Waals surface area (Å²) >= 11 is 4.20. The van der Waals surface area contributed by atoms with Crippen molar-refractivity contribution in [2.75, 3.05) is 0 Å². The van der Waals surface area contributed by atoms with Crippen molar-refractivity contribution in [2.45, 2.75) is 13.3 Å². The third-order valence-electron chi connectivity index (χ3n) is 2.29. The van der Waals surface area contributed by atoms with Gasteiger partial charge in [-0.2, -0.15) is 0 Å². The number of benzene rings is 1. The minimum absolute atomic E-state index is 0.0937. The summed E-state index contributed by atoms with van der Waals surface area (Å²) in [4.78, 5) is 12.5. The Morgan fingerprint density at radius 3 is 2.94 bits per heavy atom. The Hall–Kier alpha value is -1.14. The van der Waals surface area contributed by atoms with E-state index in [2.05, 4.69) is 25.5 Å². The zero-order chi connectivity index (χ0) is 12.4. The molecule has 0 atom stereocenters. The molecule has 0 aliphatic rings. The second-order valence-corrected chi connectivity index (χ2v) is 5.05. The molecule has 0 bridgehead atoms. The van der Waals surface area contributed by atoms with Crippen molar-refractivity contribution in [1.82, 2.24) is 9.59 Å². The Morgan fingerprint density at radius 1 is 1.53 bits per heavy atom. The number of aryl methyl sites for hydroxylation is 1. The summed E-state index contributed by atoms with van der Waals surface area (Å²) in [5, 5.41) is 3.78. The molecular formula is C11H8BrFN2OS. The smallest absolute Gasteiger partial charge is 0.180 e. The van der Waals surface area contributed by atoms with Crippen LogP contribution in [0.1, 0.15) is 20.9 Å². The van der Waals surface area contributed by atoms with E-state index >= 15 is 0 Å². The van der Waals surface area contributed by atoms with Crippen molar-refractivity contribution >= 4 is 33.2 Å². The standard InChI is InChI=1S/C11H8BrFN2OS/c1-6-11(17-15-14-6)9(16)5-7-3-2-4-8(13)10(7)12/h2-4H,5H2,1H3. The van der Waals surface area contributed by atoms with Crippen LogP contribution in [0.25, 0.3) is 0 Å². The first-order valence-corrected chi connectivity index (χ1v) is 6.41. The molecule has 0 saturated heterocycles. The Labute approximate surface area is 110 Å². The molecule has 6 heteroatoms. The second-order valence-electron chi connectivity index (χ2n) is 3.50. The van der Waals surface area contributed by atoms with Gasteiger partial charge in [0.2, 0.25) is 0 Å². The molecule has 1 aromatic carbocycles. The number of carbonyl (C=O) groups is 1. The summed E-state index contributed by atoms with van der Waals surface area (Å²) in [6.07, 6.45) is 0.142. The minimum atomic E-state index is -0.366. The largest absolute Gasteiger partial charge is 0.293 e. The molecule has 0 aliphatic carbocycles. The van der Waals surface area contributed by atoms with Gasteiger partial charge in [0.25, 0.3) is 0 Å². The van der Waals surface area contributed by atoms with Crippen LogP contribution in [-0.2, 0) is 6.42 Å². The maximum atomic E-state index is 13.3. The lowest BCUT2D eigenvalue weighted by Crippen LogP contribution is -2.04. The van der Waals surface area contributed by atoms with Gasteiger partial charge in [-0.05, 0) is 46.0 Å². The molecule has 3 nitrogen and oxygen atoms in total. The summed E-state index contributed by atoms with van der Waals surface area (Å²) in [6.45, 7) is 1.73. The van der Waals surface area contributed by atoms with Crippen LogP contribution in [-0.4, -0.2) is 15.4 Å². The number of carbonyl (C=O) groups excluding carboxylic acids is 1. The van der Waals surface area contributed by atoms with E-state index in [0.29, 0.717) is 20.6 Å². The normalized spacial score (nSPS) is 10.5. The van der Waals surface area contributed by atoms with Crippen molar-refractivity contribution in [3.05, 3.63) is 44.6 Å². The third-order valence-corrected chi connectivity index (χ3v) is 4.04. The summed E-state index contributed by atoms with van der Waals surface area (Å²) < 4.78 is 17.3. The molecular weight excluding hydrogens is 307 g/mol. The average molecular weight is 315 g/mol. The van der Waals surface area contributed by atoms with Gasteiger partial charge in [0, 0.05) is 6.42 Å². The van der Waals surface area contributed by atoms with Gasteiger partial charge in [-0.1, -0.05) is 16.6 Å². The van der Waals surface area contributed by atoms with Crippen molar-refractivity contribution in [1.29, 1.82) is 0 Å². The monoisotopic (exact) mass is 314 g/mol. The van der Waals surface area contributed by atoms with E-state index in [1.807, 2.05) is 0 Å². The van der Waals surface area contributed by atoms with Crippen molar-refractivity contribution in [2.24, 2.45) is 0 Å². The lowest BCUT2D eigenvalue weighted by Gasteiger charge is -2.03. The molecule has 88 valence electrons. The van der Waals surface area contributed by atoms with Crippen LogP contribution in [0.15, 0.2) is 22.7 Å². The van der Waals surface area contributed by atoms with Crippen molar-refractivity contribution < 1.29 is 9.18 Å². The van der Waals surface area contributed by atoms with Crippen molar-refractivity contribution in [3.63, 3.8) is 0 Å².